The van der Waals surface area contributed by atoms with Crippen LogP contribution in [0, 0.1) is 19.8 Å². The molecule has 5 rings (SSSR count). The van der Waals surface area contributed by atoms with E-state index in [0.717, 1.165) is 48.2 Å². The first-order valence-electron chi connectivity index (χ1n) is 12.5. The minimum absolute atomic E-state index is 0.0515. The fourth-order valence-corrected chi connectivity index (χ4v) is 5.22. The summed E-state index contributed by atoms with van der Waals surface area (Å²) in [5.74, 6) is 2.09. The lowest BCUT2D eigenvalue weighted by Crippen LogP contribution is -2.46. The van der Waals surface area contributed by atoms with Gasteiger partial charge in [0.1, 0.15) is 11.4 Å². The Bertz CT molecular complexity index is 1220. The van der Waals surface area contributed by atoms with Crippen molar-refractivity contribution < 1.29 is 14.1 Å². The number of carbonyl (C=O) groups excluding carboxylic acids is 1. The van der Waals surface area contributed by atoms with Gasteiger partial charge < -0.3 is 14.6 Å². The number of carbonyl (C=O) groups is 1. The molecule has 7 heteroatoms. The van der Waals surface area contributed by atoms with Crippen molar-refractivity contribution in [1.82, 2.24) is 20.4 Å². The summed E-state index contributed by atoms with van der Waals surface area (Å²) in [5.41, 5.74) is 4.01. The van der Waals surface area contributed by atoms with Crippen molar-refractivity contribution in [1.29, 1.82) is 0 Å². The molecule has 3 heterocycles. The van der Waals surface area contributed by atoms with E-state index in [2.05, 4.69) is 53.3 Å². The number of piperidine rings is 1. The van der Waals surface area contributed by atoms with Crippen LogP contribution < -0.4 is 10.1 Å². The molecule has 0 radical (unpaired) electrons. The summed E-state index contributed by atoms with van der Waals surface area (Å²) in [5, 5.41) is 7.51. The molecule has 1 aromatic heterocycles. The maximum atomic E-state index is 13.4. The molecule has 2 aliphatic rings. The molecule has 7 nitrogen and oxygen atoms in total. The van der Waals surface area contributed by atoms with Crippen molar-refractivity contribution in [3.05, 3.63) is 65.0 Å². The van der Waals surface area contributed by atoms with E-state index in [4.69, 9.17) is 9.26 Å². The number of benzene rings is 2. The van der Waals surface area contributed by atoms with Gasteiger partial charge in [-0.2, -0.15) is 4.98 Å². The van der Waals surface area contributed by atoms with E-state index in [0.29, 0.717) is 24.8 Å². The first-order valence-corrected chi connectivity index (χ1v) is 12.5. The second kappa shape index (κ2) is 9.46. The molecule has 0 spiro atoms. The highest BCUT2D eigenvalue weighted by Gasteiger charge is 2.36. The van der Waals surface area contributed by atoms with Crippen LogP contribution >= 0.6 is 0 Å². The molecule has 2 aromatic carbocycles. The molecular weight excluding hydrogens is 440 g/mol. The zero-order chi connectivity index (χ0) is 24.6. The molecule has 1 saturated heterocycles. The highest BCUT2D eigenvalue weighted by Crippen LogP contribution is 2.40. The Morgan fingerprint density at radius 1 is 1.17 bits per heavy atom. The molecule has 2 aliphatic heterocycles. The topological polar surface area (TPSA) is 80.5 Å². The van der Waals surface area contributed by atoms with Crippen LogP contribution in [0.25, 0.3) is 11.4 Å². The quantitative estimate of drug-likeness (QED) is 0.562. The number of ether oxygens (including phenoxy) is 1. The third kappa shape index (κ3) is 5.40. The van der Waals surface area contributed by atoms with Gasteiger partial charge in [0.25, 0.3) is 0 Å². The van der Waals surface area contributed by atoms with Crippen LogP contribution in [0.1, 0.15) is 61.7 Å². The summed E-state index contributed by atoms with van der Waals surface area (Å²) < 4.78 is 11.7. The second-order valence-electron chi connectivity index (χ2n) is 10.6. The van der Waals surface area contributed by atoms with E-state index in [1.54, 1.807) is 0 Å². The third-order valence-electron chi connectivity index (χ3n) is 6.92. The maximum absolute atomic E-state index is 13.4. The van der Waals surface area contributed by atoms with E-state index in [-0.39, 0.29) is 23.5 Å². The normalized spacial score (nSPS) is 21.7. The number of rotatable bonds is 5. The van der Waals surface area contributed by atoms with Gasteiger partial charge in [-0.1, -0.05) is 46.6 Å². The highest BCUT2D eigenvalue weighted by atomic mass is 16.5. The Balaban J connectivity index is 1.24. The van der Waals surface area contributed by atoms with E-state index in [9.17, 15) is 4.79 Å². The first-order chi connectivity index (χ1) is 16.8. The molecule has 35 heavy (non-hydrogen) atoms. The average molecular weight is 475 g/mol. The van der Waals surface area contributed by atoms with Crippen molar-refractivity contribution in [2.45, 2.75) is 65.1 Å². The number of amides is 1. The number of aryl methyl sites for hydroxylation is 2. The predicted molar refractivity (Wildman–Crippen MR) is 134 cm³/mol. The van der Waals surface area contributed by atoms with Crippen molar-refractivity contribution in [2.24, 2.45) is 5.92 Å². The van der Waals surface area contributed by atoms with Gasteiger partial charge in [0.05, 0.1) is 18.5 Å². The number of nitrogens with one attached hydrogen (secondary N) is 1. The molecular formula is C28H34N4O3. The number of fused-ring (bicyclic) bond motifs is 1. The summed E-state index contributed by atoms with van der Waals surface area (Å²) in [4.78, 5) is 20.2. The van der Waals surface area contributed by atoms with Crippen LogP contribution in [-0.4, -0.2) is 39.6 Å². The van der Waals surface area contributed by atoms with Gasteiger partial charge in [0.15, 0.2) is 0 Å². The Morgan fingerprint density at radius 3 is 2.83 bits per heavy atom. The van der Waals surface area contributed by atoms with Crippen LogP contribution in [0.15, 0.2) is 47.0 Å². The number of aromatic nitrogens is 2. The summed E-state index contributed by atoms with van der Waals surface area (Å²) in [6.45, 7) is 10.4. The Labute approximate surface area is 206 Å². The first kappa shape index (κ1) is 23.5. The van der Waals surface area contributed by atoms with Crippen molar-refractivity contribution >= 4 is 5.91 Å². The molecule has 1 fully saturated rings. The van der Waals surface area contributed by atoms with Crippen molar-refractivity contribution in [3.8, 4) is 17.1 Å². The Morgan fingerprint density at radius 2 is 2.00 bits per heavy atom. The molecule has 2 atom stereocenters. The van der Waals surface area contributed by atoms with Gasteiger partial charge in [0.2, 0.25) is 17.6 Å². The Hall–Kier alpha value is -3.19. The third-order valence-corrected chi connectivity index (χ3v) is 6.92. The number of hydrogen-bond donors (Lipinski definition) is 1. The van der Waals surface area contributed by atoms with Crippen molar-refractivity contribution in [3.63, 3.8) is 0 Å². The van der Waals surface area contributed by atoms with Crippen LogP contribution in [0.5, 0.6) is 5.75 Å². The molecule has 0 aliphatic carbocycles. The van der Waals surface area contributed by atoms with Crippen LogP contribution in [0.3, 0.4) is 0 Å². The molecule has 3 aromatic rings. The highest BCUT2D eigenvalue weighted by molar-refractivity contribution is 5.79. The van der Waals surface area contributed by atoms with Gasteiger partial charge in [-0.25, -0.2) is 0 Å². The SMILES string of the molecule is Cc1cccc(-c2noc(CN3CCCC(C(=O)NC4CC(C)(C)Oc5ccc(C)cc54)C3)n2)c1. The van der Waals surface area contributed by atoms with Crippen LogP contribution in [0.4, 0.5) is 0 Å². The molecule has 1 N–H and O–H groups in total. The monoisotopic (exact) mass is 474 g/mol. The smallest absolute Gasteiger partial charge is 0.241 e. The minimum Gasteiger partial charge on any atom is -0.487 e. The summed E-state index contributed by atoms with van der Waals surface area (Å²) in [6, 6.07) is 14.2. The average Bonchev–Trinajstić information content (AvgIpc) is 3.28. The fourth-order valence-electron chi connectivity index (χ4n) is 5.22. The number of nitrogens with zero attached hydrogens (tertiary/aromatic N) is 3. The van der Waals surface area contributed by atoms with Crippen LogP contribution in [-0.2, 0) is 11.3 Å². The molecule has 0 saturated carbocycles. The largest absolute Gasteiger partial charge is 0.487 e. The standard InChI is InChI=1S/C28H34N4O3/c1-18-7-5-8-20(13-18)26-30-25(35-31-26)17-32-12-6-9-21(16-32)27(33)29-23-15-28(3,4)34-24-11-10-19(2)14-22(23)24/h5,7-8,10-11,13-14,21,23H,6,9,12,15-17H2,1-4H3,(H,29,33). The van der Waals surface area contributed by atoms with E-state index in [1.165, 1.54) is 5.56 Å². The fraction of sp³-hybridized carbons (Fsp3) is 0.464. The Kier molecular flexibility index (Phi) is 6.36. The van der Waals surface area contributed by atoms with Gasteiger partial charge in [-0.05, 0) is 59.2 Å². The summed E-state index contributed by atoms with van der Waals surface area (Å²) in [7, 11) is 0. The van der Waals surface area contributed by atoms with E-state index in [1.807, 2.05) is 37.3 Å². The molecule has 1 amide bonds. The summed E-state index contributed by atoms with van der Waals surface area (Å²) in [6.07, 6.45) is 2.59. The lowest BCUT2D eigenvalue weighted by atomic mass is 9.88. The summed E-state index contributed by atoms with van der Waals surface area (Å²) >= 11 is 0. The van der Waals surface area contributed by atoms with Crippen LogP contribution in [0.2, 0.25) is 0 Å². The van der Waals surface area contributed by atoms with E-state index >= 15 is 0 Å². The molecule has 0 bridgehead atoms. The zero-order valence-electron chi connectivity index (χ0n) is 21.0. The second-order valence-corrected chi connectivity index (χ2v) is 10.6. The maximum Gasteiger partial charge on any atom is 0.241 e. The molecule has 2 unspecified atom stereocenters. The number of hydrogen-bond acceptors (Lipinski definition) is 6. The zero-order valence-corrected chi connectivity index (χ0v) is 21.0. The van der Waals surface area contributed by atoms with Gasteiger partial charge in [-0.3, -0.25) is 9.69 Å². The van der Waals surface area contributed by atoms with Crippen molar-refractivity contribution in [2.75, 3.05) is 13.1 Å². The lowest BCUT2D eigenvalue weighted by molar-refractivity contribution is -0.128. The lowest BCUT2D eigenvalue weighted by Gasteiger charge is -2.39. The molecule has 184 valence electrons. The van der Waals surface area contributed by atoms with Gasteiger partial charge in [-0.15, -0.1) is 0 Å². The predicted octanol–water partition coefficient (Wildman–Crippen LogP) is 4.98. The minimum atomic E-state index is -0.328. The van der Waals surface area contributed by atoms with Gasteiger partial charge in [0, 0.05) is 24.1 Å². The number of likely N-dealkylation sites (tertiary alicyclic amines) is 1. The van der Waals surface area contributed by atoms with Gasteiger partial charge >= 0.3 is 0 Å². The van der Waals surface area contributed by atoms with E-state index < -0.39 is 0 Å².